The monoisotopic (exact) mass is 313 g/mol. The summed E-state index contributed by atoms with van der Waals surface area (Å²) in [5.41, 5.74) is 0.465. The molecule has 0 saturated heterocycles. The van der Waals surface area contributed by atoms with Crippen molar-refractivity contribution in [3.63, 3.8) is 0 Å². The van der Waals surface area contributed by atoms with Crippen molar-refractivity contribution in [2.24, 2.45) is 0 Å². The van der Waals surface area contributed by atoms with E-state index in [4.69, 9.17) is 0 Å². The Balaban J connectivity index is 2.56. The van der Waals surface area contributed by atoms with Crippen LogP contribution in [0.15, 0.2) is 22.9 Å². The third kappa shape index (κ3) is 4.44. The van der Waals surface area contributed by atoms with E-state index in [1.807, 2.05) is 6.92 Å². The minimum Gasteiger partial charge on any atom is -0.354 e. The third-order valence-corrected chi connectivity index (χ3v) is 2.71. The molecule has 6 heteroatoms. The van der Waals surface area contributed by atoms with Crippen molar-refractivity contribution in [1.29, 1.82) is 0 Å². The molecule has 1 aromatic heterocycles. The van der Waals surface area contributed by atoms with Gasteiger partial charge in [0.15, 0.2) is 0 Å². The predicted molar refractivity (Wildman–Crippen MR) is 72.2 cm³/mol. The van der Waals surface area contributed by atoms with Crippen molar-refractivity contribution in [1.82, 2.24) is 15.6 Å². The molecule has 0 bridgehead atoms. The van der Waals surface area contributed by atoms with Crippen LogP contribution in [0, 0.1) is 0 Å². The van der Waals surface area contributed by atoms with Crippen LogP contribution < -0.4 is 10.6 Å². The Bertz CT molecular complexity index is 437. The van der Waals surface area contributed by atoms with E-state index in [0.717, 1.165) is 6.42 Å². The van der Waals surface area contributed by atoms with Crippen molar-refractivity contribution in [3.8, 4) is 0 Å². The molecule has 0 aromatic carbocycles. The average molecular weight is 314 g/mol. The zero-order valence-electron chi connectivity index (χ0n) is 10.4. The molecule has 0 aliphatic heterocycles. The van der Waals surface area contributed by atoms with Gasteiger partial charge in [0.05, 0.1) is 0 Å². The maximum absolute atomic E-state index is 11.8. The van der Waals surface area contributed by atoms with Crippen LogP contribution in [0.4, 0.5) is 0 Å². The number of carbonyl (C=O) groups is 2. The van der Waals surface area contributed by atoms with Gasteiger partial charge in [-0.3, -0.25) is 9.59 Å². The number of aromatic nitrogens is 1. The van der Waals surface area contributed by atoms with Gasteiger partial charge in [-0.1, -0.05) is 6.92 Å². The standard InChI is InChI=1S/C12H16BrN3O2/c1-3-5-15-11(17)8(2)16-12(18)9-4-6-14-10(13)7-9/h4,6-8H,3,5H2,1-2H3,(H,15,17)(H,16,18). The van der Waals surface area contributed by atoms with E-state index in [1.54, 1.807) is 19.1 Å². The molecule has 1 atom stereocenters. The number of hydrogen-bond acceptors (Lipinski definition) is 3. The molecule has 0 radical (unpaired) electrons. The fourth-order valence-electron chi connectivity index (χ4n) is 1.29. The Hall–Kier alpha value is -1.43. The van der Waals surface area contributed by atoms with Crippen LogP contribution in [0.1, 0.15) is 30.6 Å². The van der Waals surface area contributed by atoms with Crippen molar-refractivity contribution in [2.45, 2.75) is 26.3 Å². The molecule has 1 heterocycles. The molecule has 98 valence electrons. The highest BCUT2D eigenvalue weighted by atomic mass is 79.9. The first kappa shape index (κ1) is 14.6. The normalized spacial score (nSPS) is 11.7. The number of rotatable bonds is 5. The lowest BCUT2D eigenvalue weighted by molar-refractivity contribution is -0.122. The Morgan fingerprint density at radius 1 is 1.50 bits per heavy atom. The summed E-state index contributed by atoms with van der Waals surface area (Å²) in [5.74, 6) is -0.476. The van der Waals surface area contributed by atoms with Gasteiger partial charge in [0, 0.05) is 18.3 Å². The number of nitrogens with one attached hydrogen (secondary N) is 2. The van der Waals surface area contributed by atoms with Crippen LogP contribution >= 0.6 is 15.9 Å². The molecule has 18 heavy (non-hydrogen) atoms. The zero-order chi connectivity index (χ0) is 13.5. The molecule has 2 amide bonds. The molecule has 0 fully saturated rings. The van der Waals surface area contributed by atoms with Gasteiger partial charge < -0.3 is 10.6 Å². The summed E-state index contributed by atoms with van der Waals surface area (Å²) in [6.45, 7) is 4.23. The first-order valence-corrected chi connectivity index (χ1v) is 6.54. The maximum Gasteiger partial charge on any atom is 0.252 e. The van der Waals surface area contributed by atoms with E-state index in [2.05, 4.69) is 31.5 Å². The van der Waals surface area contributed by atoms with Crippen molar-refractivity contribution >= 4 is 27.7 Å². The van der Waals surface area contributed by atoms with Gasteiger partial charge in [-0.15, -0.1) is 0 Å². The second-order valence-corrected chi connectivity index (χ2v) is 4.67. The molecule has 1 rings (SSSR count). The number of pyridine rings is 1. The molecule has 2 N–H and O–H groups in total. The largest absolute Gasteiger partial charge is 0.354 e. The number of nitrogens with zero attached hydrogens (tertiary/aromatic N) is 1. The molecule has 0 aliphatic rings. The van der Waals surface area contributed by atoms with Gasteiger partial charge in [-0.25, -0.2) is 4.98 Å². The zero-order valence-corrected chi connectivity index (χ0v) is 12.0. The molecule has 1 unspecified atom stereocenters. The van der Waals surface area contributed by atoms with E-state index in [0.29, 0.717) is 16.7 Å². The SMILES string of the molecule is CCCNC(=O)C(C)NC(=O)c1ccnc(Br)c1. The van der Waals surface area contributed by atoms with Crippen LogP contribution in [-0.4, -0.2) is 29.4 Å². The van der Waals surface area contributed by atoms with Gasteiger partial charge in [0.1, 0.15) is 10.6 Å². The van der Waals surface area contributed by atoms with Gasteiger partial charge in [0.2, 0.25) is 5.91 Å². The second-order valence-electron chi connectivity index (χ2n) is 3.85. The Labute approximate surface area is 114 Å². The Morgan fingerprint density at radius 3 is 2.83 bits per heavy atom. The minimum atomic E-state index is -0.559. The van der Waals surface area contributed by atoms with Crippen LogP contribution in [0.3, 0.4) is 0 Å². The topological polar surface area (TPSA) is 71.1 Å². The van der Waals surface area contributed by atoms with Gasteiger partial charge >= 0.3 is 0 Å². The highest BCUT2D eigenvalue weighted by Crippen LogP contribution is 2.07. The highest BCUT2D eigenvalue weighted by molar-refractivity contribution is 9.10. The van der Waals surface area contributed by atoms with Gasteiger partial charge in [0.25, 0.3) is 5.91 Å². The highest BCUT2D eigenvalue weighted by Gasteiger charge is 2.16. The number of halogens is 1. The summed E-state index contributed by atoms with van der Waals surface area (Å²) in [4.78, 5) is 27.4. The summed E-state index contributed by atoms with van der Waals surface area (Å²) in [6.07, 6.45) is 2.39. The fraction of sp³-hybridized carbons (Fsp3) is 0.417. The van der Waals surface area contributed by atoms with Crippen LogP contribution in [0.5, 0.6) is 0 Å². The van der Waals surface area contributed by atoms with E-state index in [9.17, 15) is 9.59 Å². The number of hydrogen-bond donors (Lipinski definition) is 2. The number of amides is 2. The first-order chi connectivity index (χ1) is 8.54. The second kappa shape index (κ2) is 7.10. The maximum atomic E-state index is 11.8. The Morgan fingerprint density at radius 2 is 2.22 bits per heavy atom. The van der Waals surface area contributed by atoms with E-state index in [-0.39, 0.29) is 11.8 Å². The minimum absolute atomic E-state index is 0.182. The molecule has 0 aliphatic carbocycles. The molecule has 5 nitrogen and oxygen atoms in total. The van der Waals surface area contributed by atoms with Crippen LogP contribution in [0.25, 0.3) is 0 Å². The molecule has 1 aromatic rings. The average Bonchev–Trinajstić information content (AvgIpc) is 2.35. The molecule has 0 spiro atoms. The summed E-state index contributed by atoms with van der Waals surface area (Å²) >= 11 is 3.19. The smallest absolute Gasteiger partial charge is 0.252 e. The van der Waals surface area contributed by atoms with Crippen LogP contribution in [0.2, 0.25) is 0 Å². The lowest BCUT2D eigenvalue weighted by Gasteiger charge is -2.13. The van der Waals surface area contributed by atoms with Gasteiger partial charge in [-0.05, 0) is 41.4 Å². The molecular weight excluding hydrogens is 298 g/mol. The summed E-state index contributed by atoms with van der Waals surface area (Å²) < 4.78 is 0.582. The lowest BCUT2D eigenvalue weighted by Crippen LogP contribution is -2.45. The summed E-state index contributed by atoms with van der Waals surface area (Å²) in [6, 6.07) is 2.64. The van der Waals surface area contributed by atoms with E-state index >= 15 is 0 Å². The van der Waals surface area contributed by atoms with Crippen molar-refractivity contribution in [2.75, 3.05) is 6.54 Å². The molecule has 0 saturated carbocycles. The quantitative estimate of drug-likeness (QED) is 0.809. The fourth-order valence-corrected chi connectivity index (χ4v) is 1.66. The number of carbonyl (C=O) groups excluding carboxylic acids is 2. The predicted octanol–water partition coefficient (Wildman–Crippen LogP) is 1.49. The third-order valence-electron chi connectivity index (χ3n) is 2.28. The van der Waals surface area contributed by atoms with Gasteiger partial charge in [-0.2, -0.15) is 0 Å². The van der Waals surface area contributed by atoms with E-state index in [1.165, 1.54) is 6.20 Å². The summed E-state index contributed by atoms with van der Waals surface area (Å²) in [7, 11) is 0. The summed E-state index contributed by atoms with van der Waals surface area (Å²) in [5, 5.41) is 5.36. The van der Waals surface area contributed by atoms with Crippen molar-refractivity contribution < 1.29 is 9.59 Å². The van der Waals surface area contributed by atoms with Crippen LogP contribution in [-0.2, 0) is 4.79 Å². The molecular formula is C12H16BrN3O2. The van der Waals surface area contributed by atoms with E-state index < -0.39 is 6.04 Å². The lowest BCUT2D eigenvalue weighted by atomic mass is 10.2. The van der Waals surface area contributed by atoms with Crippen molar-refractivity contribution in [3.05, 3.63) is 28.5 Å². The first-order valence-electron chi connectivity index (χ1n) is 5.74. The Kier molecular flexibility index (Phi) is 5.77.